The minimum absolute atomic E-state index is 0.340. The Labute approximate surface area is 91.4 Å². The number of aldehydes is 1. The molecule has 4 nitrogen and oxygen atoms in total. The second-order valence-corrected chi connectivity index (χ2v) is 5.68. The third-order valence-corrected chi connectivity index (χ3v) is 3.51. The van der Waals surface area contributed by atoms with E-state index in [0.29, 0.717) is 16.7 Å². The van der Waals surface area contributed by atoms with Crippen LogP contribution < -0.4 is 0 Å². The summed E-state index contributed by atoms with van der Waals surface area (Å²) in [6.07, 6.45) is 2.79. The third-order valence-electron chi connectivity index (χ3n) is 1.63. The van der Waals surface area contributed by atoms with Gasteiger partial charge < -0.3 is 0 Å². The van der Waals surface area contributed by atoms with Gasteiger partial charge >= 0.3 is 0 Å². The smallest absolute Gasteiger partial charge is 0.185 e. The minimum Gasteiger partial charge on any atom is -0.298 e. The molecule has 0 amide bonds. The van der Waals surface area contributed by atoms with Crippen molar-refractivity contribution in [3.8, 4) is 6.07 Å². The molecule has 0 saturated heterocycles. The summed E-state index contributed by atoms with van der Waals surface area (Å²) in [6, 6.07) is 3.17. The van der Waals surface area contributed by atoms with Crippen molar-refractivity contribution in [2.45, 2.75) is 0 Å². The molecule has 0 aromatic carbocycles. The van der Waals surface area contributed by atoms with E-state index < -0.39 is 9.84 Å². The number of hydrogen-bond acceptors (Lipinski definition) is 5. The molecule has 0 unspecified atom stereocenters. The van der Waals surface area contributed by atoms with E-state index in [1.165, 1.54) is 17.4 Å². The van der Waals surface area contributed by atoms with Crippen LogP contribution in [-0.2, 0) is 9.84 Å². The standard InChI is InChI=1S/C9H7NO3S2/c1-15(12,13)8(5-10)4-9-7(6-11)2-3-14-9/h2-4,6H,1H3/b8-4+. The number of nitriles is 1. The summed E-state index contributed by atoms with van der Waals surface area (Å²) in [7, 11) is -3.53. The monoisotopic (exact) mass is 241 g/mol. The van der Waals surface area contributed by atoms with Crippen LogP contribution in [0.4, 0.5) is 0 Å². The van der Waals surface area contributed by atoms with Crippen LogP contribution in [0.5, 0.6) is 0 Å². The predicted octanol–water partition coefficient (Wildman–Crippen LogP) is 1.47. The molecule has 0 saturated carbocycles. The second kappa shape index (κ2) is 4.38. The zero-order valence-electron chi connectivity index (χ0n) is 7.80. The third kappa shape index (κ3) is 2.75. The highest BCUT2D eigenvalue weighted by Gasteiger charge is 2.12. The van der Waals surface area contributed by atoms with Crippen molar-refractivity contribution in [2.75, 3.05) is 6.26 Å². The van der Waals surface area contributed by atoms with E-state index in [-0.39, 0.29) is 4.91 Å². The quantitative estimate of drug-likeness (QED) is 0.593. The highest BCUT2D eigenvalue weighted by molar-refractivity contribution is 7.95. The Balaban J connectivity index is 3.28. The first-order chi connectivity index (χ1) is 6.99. The van der Waals surface area contributed by atoms with Gasteiger partial charge in [0.1, 0.15) is 11.0 Å². The molecule has 15 heavy (non-hydrogen) atoms. The van der Waals surface area contributed by atoms with Gasteiger partial charge in [-0.25, -0.2) is 8.42 Å². The Kier molecular flexibility index (Phi) is 3.39. The topological polar surface area (TPSA) is 75.0 Å². The first kappa shape index (κ1) is 11.6. The first-order valence-corrected chi connectivity index (χ1v) is 6.60. The van der Waals surface area contributed by atoms with E-state index in [2.05, 4.69) is 0 Å². The van der Waals surface area contributed by atoms with Crippen LogP contribution in [0.1, 0.15) is 15.2 Å². The maximum atomic E-state index is 11.1. The minimum atomic E-state index is -3.53. The van der Waals surface area contributed by atoms with Crippen LogP contribution in [0.15, 0.2) is 16.4 Å². The molecule has 0 N–H and O–H groups in total. The van der Waals surface area contributed by atoms with Gasteiger partial charge in [-0.15, -0.1) is 11.3 Å². The number of sulfone groups is 1. The van der Waals surface area contributed by atoms with Crippen molar-refractivity contribution in [1.29, 1.82) is 5.26 Å². The summed E-state index contributed by atoms with van der Waals surface area (Å²) >= 11 is 1.21. The van der Waals surface area contributed by atoms with Gasteiger partial charge in [-0.2, -0.15) is 5.26 Å². The molecule has 1 aromatic rings. The summed E-state index contributed by atoms with van der Waals surface area (Å²) in [5.41, 5.74) is 0.386. The van der Waals surface area contributed by atoms with Crippen LogP contribution in [-0.4, -0.2) is 21.0 Å². The molecular formula is C9H7NO3S2. The lowest BCUT2D eigenvalue weighted by Crippen LogP contribution is -1.98. The summed E-state index contributed by atoms with van der Waals surface area (Å²) in [5, 5.41) is 10.3. The Hall–Kier alpha value is -1.45. The molecule has 0 aliphatic carbocycles. The Bertz CT molecular complexity index is 546. The molecule has 6 heteroatoms. The van der Waals surface area contributed by atoms with Gasteiger partial charge in [-0.05, 0) is 17.5 Å². The molecule has 1 aromatic heterocycles. The summed E-state index contributed by atoms with van der Waals surface area (Å²) in [6.45, 7) is 0. The van der Waals surface area contributed by atoms with Crippen LogP contribution >= 0.6 is 11.3 Å². The van der Waals surface area contributed by atoms with Crippen molar-refractivity contribution in [3.05, 3.63) is 26.8 Å². The molecular weight excluding hydrogens is 234 g/mol. The normalized spacial score (nSPS) is 12.1. The lowest BCUT2D eigenvalue weighted by Gasteiger charge is -1.93. The van der Waals surface area contributed by atoms with Gasteiger partial charge in [0.2, 0.25) is 0 Å². The molecule has 0 fully saturated rings. The van der Waals surface area contributed by atoms with Gasteiger partial charge in [0.25, 0.3) is 0 Å². The van der Waals surface area contributed by atoms with Gasteiger partial charge in [0, 0.05) is 16.7 Å². The van der Waals surface area contributed by atoms with Crippen LogP contribution in [0, 0.1) is 11.3 Å². The van der Waals surface area contributed by atoms with Crippen LogP contribution in [0.2, 0.25) is 0 Å². The molecule has 78 valence electrons. The SMILES string of the molecule is CS(=O)(=O)/C(C#N)=C/c1sccc1C=O. The first-order valence-electron chi connectivity index (χ1n) is 3.83. The highest BCUT2D eigenvalue weighted by atomic mass is 32.2. The van der Waals surface area contributed by atoms with Gasteiger partial charge in [-0.3, -0.25) is 4.79 Å². The average molecular weight is 241 g/mol. The van der Waals surface area contributed by atoms with Gasteiger partial charge in [0.15, 0.2) is 16.1 Å². The average Bonchev–Trinajstić information content (AvgIpc) is 2.59. The lowest BCUT2D eigenvalue weighted by molar-refractivity contribution is 0.112. The Morgan fingerprint density at radius 3 is 2.73 bits per heavy atom. The fraction of sp³-hybridized carbons (Fsp3) is 0.111. The second-order valence-electron chi connectivity index (χ2n) is 2.75. The molecule has 1 rings (SSSR count). The number of nitrogens with zero attached hydrogens (tertiary/aromatic N) is 1. The summed E-state index contributed by atoms with van der Waals surface area (Å²) in [5.74, 6) is 0. The van der Waals surface area contributed by atoms with Crippen molar-refractivity contribution < 1.29 is 13.2 Å². The Morgan fingerprint density at radius 1 is 1.60 bits per heavy atom. The summed E-state index contributed by atoms with van der Waals surface area (Å²) < 4.78 is 22.2. The molecule has 0 aliphatic rings. The van der Waals surface area contributed by atoms with E-state index in [1.54, 1.807) is 17.5 Å². The van der Waals surface area contributed by atoms with Crippen molar-refractivity contribution in [2.24, 2.45) is 0 Å². The molecule has 0 bridgehead atoms. The van der Waals surface area contributed by atoms with E-state index in [0.717, 1.165) is 6.26 Å². The maximum Gasteiger partial charge on any atom is 0.185 e. The number of rotatable bonds is 3. The number of carbonyl (C=O) groups is 1. The fourth-order valence-electron chi connectivity index (χ4n) is 0.887. The number of carbonyl (C=O) groups excluding carboxylic acids is 1. The van der Waals surface area contributed by atoms with Crippen molar-refractivity contribution in [1.82, 2.24) is 0 Å². The van der Waals surface area contributed by atoms with E-state index in [9.17, 15) is 13.2 Å². The van der Waals surface area contributed by atoms with E-state index in [1.807, 2.05) is 0 Å². The van der Waals surface area contributed by atoms with Gasteiger partial charge in [-0.1, -0.05) is 0 Å². The molecule has 0 aliphatic heterocycles. The van der Waals surface area contributed by atoms with Crippen LogP contribution in [0.3, 0.4) is 0 Å². The molecule has 0 spiro atoms. The molecule has 0 radical (unpaired) electrons. The lowest BCUT2D eigenvalue weighted by atomic mass is 10.3. The largest absolute Gasteiger partial charge is 0.298 e. The number of thiophene rings is 1. The van der Waals surface area contributed by atoms with Crippen LogP contribution in [0.25, 0.3) is 6.08 Å². The van der Waals surface area contributed by atoms with Crippen molar-refractivity contribution in [3.63, 3.8) is 0 Å². The maximum absolute atomic E-state index is 11.1. The van der Waals surface area contributed by atoms with Gasteiger partial charge in [0.05, 0.1) is 0 Å². The Morgan fingerprint density at radius 2 is 2.27 bits per heavy atom. The summed E-state index contributed by atoms with van der Waals surface area (Å²) in [4.78, 5) is 10.7. The van der Waals surface area contributed by atoms with Crippen molar-refractivity contribution >= 4 is 33.5 Å². The highest BCUT2D eigenvalue weighted by Crippen LogP contribution is 2.20. The molecule has 1 heterocycles. The number of allylic oxidation sites excluding steroid dienone is 1. The molecule has 0 atom stereocenters. The predicted molar refractivity (Wildman–Crippen MR) is 58.1 cm³/mol. The zero-order valence-corrected chi connectivity index (χ0v) is 9.43. The van der Waals surface area contributed by atoms with E-state index in [4.69, 9.17) is 5.26 Å². The fourth-order valence-corrected chi connectivity index (χ4v) is 2.26. The van der Waals surface area contributed by atoms with E-state index >= 15 is 0 Å². The zero-order chi connectivity index (χ0) is 11.5. The number of hydrogen-bond donors (Lipinski definition) is 0.